The highest BCUT2D eigenvalue weighted by Gasteiger charge is 2.53. The number of primary amides is 2. The first-order chi connectivity index (χ1) is 16.2. The summed E-state index contributed by atoms with van der Waals surface area (Å²) < 4.78 is 35.6. The number of fused-ring (bicyclic) bond motifs is 1. The van der Waals surface area contributed by atoms with Gasteiger partial charge in [0.1, 0.15) is 0 Å². The third-order valence-electron chi connectivity index (χ3n) is 6.34. The van der Waals surface area contributed by atoms with Gasteiger partial charge in [-0.3, -0.25) is 14.4 Å². The molecule has 180 valence electrons. The number of hydrogen-bond acceptors (Lipinski definition) is 5. The van der Waals surface area contributed by atoms with Crippen LogP contribution in [0.25, 0.3) is 0 Å². The van der Waals surface area contributed by atoms with Gasteiger partial charge >= 0.3 is 6.61 Å². The standard InChI is InChI=1S/C24H25F2N3O5/c1-2-33-18-10-13(6-7-17(18)34-23(25)26)16(11-19(27)30)29-12-14-4-3-5-15(20(14)21(29)31)24(8-9-24)22(28)32/h3-7,10,16,23H,2,8-9,11-12H2,1H3,(H2,27,30)(H2,28,32). The van der Waals surface area contributed by atoms with Crippen molar-refractivity contribution in [3.8, 4) is 11.5 Å². The molecule has 1 unspecified atom stereocenters. The lowest BCUT2D eigenvalue weighted by Crippen LogP contribution is -2.34. The van der Waals surface area contributed by atoms with Crippen molar-refractivity contribution >= 4 is 17.7 Å². The lowest BCUT2D eigenvalue weighted by molar-refractivity contribution is -0.120. The second kappa shape index (κ2) is 8.92. The van der Waals surface area contributed by atoms with Crippen LogP contribution < -0.4 is 20.9 Å². The zero-order chi connectivity index (χ0) is 24.6. The number of nitrogens with zero attached hydrogens (tertiary/aromatic N) is 1. The first-order valence-electron chi connectivity index (χ1n) is 10.9. The summed E-state index contributed by atoms with van der Waals surface area (Å²) in [5, 5.41) is 0. The van der Waals surface area contributed by atoms with Gasteiger partial charge in [0.25, 0.3) is 5.91 Å². The maximum atomic E-state index is 13.6. The van der Waals surface area contributed by atoms with Gasteiger partial charge in [-0.1, -0.05) is 24.3 Å². The van der Waals surface area contributed by atoms with Crippen LogP contribution in [-0.2, 0) is 21.5 Å². The van der Waals surface area contributed by atoms with Gasteiger partial charge in [0, 0.05) is 12.1 Å². The van der Waals surface area contributed by atoms with E-state index in [0.29, 0.717) is 35.1 Å². The van der Waals surface area contributed by atoms with Gasteiger partial charge in [0.15, 0.2) is 11.5 Å². The fourth-order valence-electron chi connectivity index (χ4n) is 4.60. The molecule has 1 heterocycles. The Kier molecular flexibility index (Phi) is 6.16. The SMILES string of the molecule is CCOc1cc(C(CC(N)=O)N2Cc3cccc(C4(C(N)=O)CC4)c3C2=O)ccc1OC(F)F. The Bertz CT molecular complexity index is 1150. The molecule has 3 amide bonds. The number of alkyl halides is 2. The number of halogens is 2. The maximum absolute atomic E-state index is 13.6. The van der Waals surface area contributed by atoms with Crippen LogP contribution in [0.4, 0.5) is 8.78 Å². The van der Waals surface area contributed by atoms with Crippen molar-refractivity contribution in [2.75, 3.05) is 6.61 Å². The van der Waals surface area contributed by atoms with E-state index in [1.807, 2.05) is 0 Å². The van der Waals surface area contributed by atoms with E-state index in [1.165, 1.54) is 23.1 Å². The average Bonchev–Trinajstić information content (AvgIpc) is 3.52. The molecule has 0 aromatic heterocycles. The second-order valence-corrected chi connectivity index (χ2v) is 8.42. The molecule has 1 atom stereocenters. The lowest BCUT2D eigenvalue weighted by Gasteiger charge is -2.28. The Morgan fingerprint density at radius 1 is 1.15 bits per heavy atom. The normalized spacial score (nSPS) is 16.8. The van der Waals surface area contributed by atoms with Gasteiger partial charge in [-0.2, -0.15) is 8.78 Å². The number of carbonyl (C=O) groups is 3. The van der Waals surface area contributed by atoms with Crippen LogP contribution in [0.2, 0.25) is 0 Å². The van der Waals surface area contributed by atoms with E-state index in [4.69, 9.17) is 16.2 Å². The minimum absolute atomic E-state index is 0.0604. The highest BCUT2D eigenvalue weighted by molar-refractivity contribution is 6.03. The summed E-state index contributed by atoms with van der Waals surface area (Å²) in [4.78, 5) is 39.2. The number of amides is 3. The lowest BCUT2D eigenvalue weighted by atomic mass is 9.89. The molecule has 1 aliphatic heterocycles. The van der Waals surface area contributed by atoms with E-state index in [-0.39, 0.29) is 37.0 Å². The molecule has 0 bridgehead atoms. The molecule has 8 nitrogen and oxygen atoms in total. The van der Waals surface area contributed by atoms with Gasteiger partial charge in [-0.15, -0.1) is 0 Å². The Balaban J connectivity index is 1.73. The predicted octanol–water partition coefficient (Wildman–Crippen LogP) is 2.78. The molecule has 34 heavy (non-hydrogen) atoms. The number of nitrogens with two attached hydrogens (primary N) is 2. The van der Waals surface area contributed by atoms with E-state index in [2.05, 4.69) is 4.74 Å². The zero-order valence-corrected chi connectivity index (χ0v) is 18.6. The molecule has 1 fully saturated rings. The Morgan fingerprint density at radius 2 is 1.88 bits per heavy atom. The van der Waals surface area contributed by atoms with E-state index in [1.54, 1.807) is 25.1 Å². The molecule has 2 aliphatic rings. The number of rotatable bonds is 10. The summed E-state index contributed by atoms with van der Waals surface area (Å²) >= 11 is 0. The fourth-order valence-corrected chi connectivity index (χ4v) is 4.60. The van der Waals surface area contributed by atoms with Crippen molar-refractivity contribution in [3.05, 3.63) is 58.7 Å². The van der Waals surface area contributed by atoms with Crippen LogP contribution in [0.5, 0.6) is 11.5 Å². The number of ether oxygens (including phenoxy) is 2. The van der Waals surface area contributed by atoms with E-state index in [9.17, 15) is 23.2 Å². The zero-order valence-electron chi connectivity index (χ0n) is 18.6. The summed E-state index contributed by atoms with van der Waals surface area (Å²) in [6, 6.07) is 8.81. The van der Waals surface area contributed by atoms with Crippen molar-refractivity contribution in [1.29, 1.82) is 0 Å². The first kappa shape index (κ1) is 23.5. The summed E-state index contributed by atoms with van der Waals surface area (Å²) in [6.45, 7) is -0.974. The molecule has 2 aromatic carbocycles. The highest BCUT2D eigenvalue weighted by Crippen LogP contribution is 2.51. The Hall–Kier alpha value is -3.69. The van der Waals surface area contributed by atoms with Crippen molar-refractivity contribution in [1.82, 2.24) is 4.90 Å². The first-order valence-corrected chi connectivity index (χ1v) is 10.9. The van der Waals surface area contributed by atoms with Gasteiger partial charge in [0.2, 0.25) is 11.8 Å². The van der Waals surface area contributed by atoms with Crippen molar-refractivity contribution in [2.45, 2.75) is 50.8 Å². The van der Waals surface area contributed by atoms with Crippen LogP contribution in [0.15, 0.2) is 36.4 Å². The molecule has 0 saturated heterocycles. The molecule has 1 saturated carbocycles. The average molecular weight is 473 g/mol. The predicted molar refractivity (Wildman–Crippen MR) is 117 cm³/mol. The minimum Gasteiger partial charge on any atom is -0.490 e. The van der Waals surface area contributed by atoms with E-state index < -0.39 is 29.9 Å². The van der Waals surface area contributed by atoms with Gasteiger partial charge in [-0.05, 0) is 48.6 Å². The van der Waals surface area contributed by atoms with Crippen LogP contribution in [0.3, 0.4) is 0 Å². The maximum Gasteiger partial charge on any atom is 0.387 e. The second-order valence-electron chi connectivity index (χ2n) is 8.42. The number of benzene rings is 2. The Morgan fingerprint density at radius 3 is 2.47 bits per heavy atom. The molecule has 1 aliphatic carbocycles. The summed E-state index contributed by atoms with van der Waals surface area (Å²) in [7, 11) is 0. The number of carbonyl (C=O) groups excluding carboxylic acids is 3. The van der Waals surface area contributed by atoms with Crippen LogP contribution in [-0.4, -0.2) is 35.8 Å². The largest absolute Gasteiger partial charge is 0.490 e. The van der Waals surface area contributed by atoms with Gasteiger partial charge in [0.05, 0.1) is 24.5 Å². The van der Waals surface area contributed by atoms with Gasteiger partial charge in [-0.25, -0.2) is 0 Å². The quantitative estimate of drug-likeness (QED) is 0.549. The molecule has 0 radical (unpaired) electrons. The van der Waals surface area contributed by atoms with Crippen LogP contribution in [0.1, 0.15) is 59.3 Å². The van der Waals surface area contributed by atoms with E-state index >= 15 is 0 Å². The van der Waals surface area contributed by atoms with Crippen molar-refractivity contribution in [2.24, 2.45) is 11.5 Å². The highest BCUT2D eigenvalue weighted by atomic mass is 19.3. The van der Waals surface area contributed by atoms with Gasteiger partial charge < -0.3 is 25.8 Å². The molecular formula is C24H25F2N3O5. The van der Waals surface area contributed by atoms with Crippen molar-refractivity contribution < 1.29 is 32.6 Å². The van der Waals surface area contributed by atoms with E-state index in [0.717, 1.165) is 0 Å². The molecular weight excluding hydrogens is 448 g/mol. The third-order valence-corrected chi connectivity index (χ3v) is 6.34. The van der Waals surface area contributed by atoms with Crippen LogP contribution >= 0.6 is 0 Å². The molecule has 0 spiro atoms. The monoisotopic (exact) mass is 473 g/mol. The summed E-state index contributed by atoms with van der Waals surface area (Å²) in [5.74, 6) is -1.57. The van der Waals surface area contributed by atoms with Crippen LogP contribution in [0, 0.1) is 0 Å². The molecule has 10 heteroatoms. The van der Waals surface area contributed by atoms with Crippen molar-refractivity contribution in [3.63, 3.8) is 0 Å². The molecule has 4 N–H and O–H groups in total. The minimum atomic E-state index is -3.04. The smallest absolute Gasteiger partial charge is 0.387 e. The number of hydrogen-bond donors (Lipinski definition) is 2. The summed E-state index contributed by atoms with van der Waals surface area (Å²) in [5.41, 5.74) is 12.5. The molecule has 2 aromatic rings. The Labute approximate surface area is 194 Å². The third kappa shape index (κ3) is 4.15. The fraction of sp³-hybridized carbons (Fsp3) is 0.375. The summed E-state index contributed by atoms with van der Waals surface area (Å²) in [6.07, 6.45) is 0.941. The topological polar surface area (TPSA) is 125 Å². The molecule has 4 rings (SSSR count).